The lowest BCUT2D eigenvalue weighted by Gasteiger charge is -2.26. The largest absolute Gasteiger partial charge is 0.394 e. The van der Waals surface area contributed by atoms with Gasteiger partial charge in [-0.1, -0.05) is 0 Å². The van der Waals surface area contributed by atoms with Gasteiger partial charge in [0.05, 0.1) is 18.3 Å². The van der Waals surface area contributed by atoms with Crippen LogP contribution in [0.1, 0.15) is 31.0 Å². The summed E-state index contributed by atoms with van der Waals surface area (Å²) < 4.78 is 2.03. The first kappa shape index (κ1) is 10.6. The summed E-state index contributed by atoms with van der Waals surface area (Å²) in [5, 5.41) is 17.1. The third-order valence-electron chi connectivity index (χ3n) is 3.53. The van der Waals surface area contributed by atoms with E-state index < -0.39 is 0 Å². The lowest BCUT2D eigenvalue weighted by atomic mass is 9.99. The monoisotopic (exact) mass is 209 g/mol. The highest BCUT2D eigenvalue weighted by molar-refractivity contribution is 5.01. The molecule has 2 unspecified atom stereocenters. The summed E-state index contributed by atoms with van der Waals surface area (Å²) >= 11 is 0. The van der Waals surface area contributed by atoms with Gasteiger partial charge in [-0.05, 0) is 39.3 Å². The lowest BCUT2D eigenvalue weighted by Crippen LogP contribution is -2.44. The molecular weight excluding hydrogens is 190 g/mol. The zero-order valence-corrected chi connectivity index (χ0v) is 9.40. The van der Waals surface area contributed by atoms with Crippen molar-refractivity contribution in [2.24, 2.45) is 0 Å². The minimum atomic E-state index is -0.0927. The molecule has 1 fully saturated rings. The first-order valence-corrected chi connectivity index (χ1v) is 5.51. The molecule has 15 heavy (non-hydrogen) atoms. The summed E-state index contributed by atoms with van der Waals surface area (Å²) in [6.45, 7) is 2.21. The van der Waals surface area contributed by atoms with Gasteiger partial charge in [0.2, 0.25) is 0 Å². The van der Waals surface area contributed by atoms with E-state index in [4.69, 9.17) is 0 Å². The molecular formula is C11H19N3O. The average molecular weight is 209 g/mol. The molecule has 0 aliphatic heterocycles. The number of rotatable bonds is 3. The van der Waals surface area contributed by atoms with Crippen LogP contribution >= 0.6 is 0 Å². The fourth-order valence-electron chi connectivity index (χ4n) is 2.41. The van der Waals surface area contributed by atoms with E-state index in [1.807, 2.05) is 30.9 Å². The van der Waals surface area contributed by atoms with Crippen LogP contribution in [0.3, 0.4) is 0 Å². The van der Waals surface area contributed by atoms with E-state index in [0.29, 0.717) is 6.04 Å². The Hall–Kier alpha value is -0.870. The van der Waals surface area contributed by atoms with Gasteiger partial charge in [-0.3, -0.25) is 4.68 Å². The first-order chi connectivity index (χ1) is 7.19. The van der Waals surface area contributed by atoms with Crippen LogP contribution in [0.15, 0.2) is 12.3 Å². The number of nitrogens with one attached hydrogen (secondary N) is 1. The molecule has 2 N–H and O–H groups in total. The van der Waals surface area contributed by atoms with Gasteiger partial charge in [-0.15, -0.1) is 0 Å². The van der Waals surface area contributed by atoms with Crippen molar-refractivity contribution in [2.45, 2.75) is 37.8 Å². The van der Waals surface area contributed by atoms with E-state index in [9.17, 15) is 5.11 Å². The number of aliphatic hydroxyl groups excluding tert-OH is 1. The third kappa shape index (κ3) is 1.92. The van der Waals surface area contributed by atoms with Crippen LogP contribution in [-0.4, -0.2) is 34.1 Å². The Balaban J connectivity index is 2.09. The van der Waals surface area contributed by atoms with Crippen LogP contribution < -0.4 is 5.32 Å². The second-order valence-corrected chi connectivity index (χ2v) is 4.52. The van der Waals surface area contributed by atoms with E-state index in [2.05, 4.69) is 10.4 Å². The van der Waals surface area contributed by atoms with Crippen molar-refractivity contribution in [1.82, 2.24) is 15.1 Å². The van der Waals surface area contributed by atoms with Crippen LogP contribution in [0.4, 0.5) is 0 Å². The number of aliphatic hydroxyl groups is 1. The molecule has 0 bridgehead atoms. The van der Waals surface area contributed by atoms with Crippen molar-refractivity contribution in [3.05, 3.63) is 18.0 Å². The maximum atomic E-state index is 9.39. The Labute approximate surface area is 90.3 Å². The average Bonchev–Trinajstić information content (AvgIpc) is 2.84. The normalized spacial score (nSPS) is 31.0. The maximum absolute atomic E-state index is 9.39. The highest BCUT2D eigenvalue weighted by Gasteiger charge is 2.38. The summed E-state index contributed by atoms with van der Waals surface area (Å²) in [7, 11) is 1.92. The molecule has 2 atom stereocenters. The molecule has 0 spiro atoms. The Morgan fingerprint density at radius 2 is 2.53 bits per heavy atom. The molecule has 0 saturated heterocycles. The van der Waals surface area contributed by atoms with Gasteiger partial charge in [-0.2, -0.15) is 5.10 Å². The molecule has 0 radical (unpaired) electrons. The predicted octanol–water partition coefficient (Wildman–Crippen LogP) is 0.867. The van der Waals surface area contributed by atoms with E-state index in [1.165, 1.54) is 0 Å². The molecule has 1 aromatic heterocycles. The third-order valence-corrected chi connectivity index (χ3v) is 3.53. The number of hydrogen-bond donors (Lipinski definition) is 2. The smallest absolute Gasteiger partial charge is 0.0614 e. The zero-order chi connectivity index (χ0) is 10.9. The Morgan fingerprint density at radius 3 is 3.00 bits per heavy atom. The van der Waals surface area contributed by atoms with Crippen molar-refractivity contribution < 1.29 is 5.11 Å². The van der Waals surface area contributed by atoms with E-state index in [-0.39, 0.29) is 12.1 Å². The fraction of sp³-hybridized carbons (Fsp3) is 0.727. The molecule has 1 aliphatic carbocycles. The summed E-state index contributed by atoms with van der Waals surface area (Å²) in [6, 6.07) is 2.46. The number of likely N-dealkylation sites (N-methyl/N-ethyl adjacent to an activating group) is 1. The Morgan fingerprint density at radius 1 is 1.73 bits per heavy atom. The van der Waals surface area contributed by atoms with Crippen LogP contribution in [0.5, 0.6) is 0 Å². The molecule has 1 saturated carbocycles. The van der Waals surface area contributed by atoms with Gasteiger partial charge in [0.15, 0.2) is 0 Å². The second kappa shape index (κ2) is 3.94. The quantitative estimate of drug-likeness (QED) is 0.776. The molecule has 0 amide bonds. The molecule has 4 nitrogen and oxygen atoms in total. The van der Waals surface area contributed by atoms with Crippen molar-refractivity contribution >= 4 is 0 Å². The van der Waals surface area contributed by atoms with Crippen molar-refractivity contribution in [2.75, 3.05) is 13.7 Å². The zero-order valence-electron chi connectivity index (χ0n) is 9.40. The van der Waals surface area contributed by atoms with Gasteiger partial charge in [0, 0.05) is 11.7 Å². The van der Waals surface area contributed by atoms with Crippen LogP contribution in [0, 0.1) is 6.92 Å². The minimum absolute atomic E-state index is 0.0927. The summed E-state index contributed by atoms with van der Waals surface area (Å²) in [5.74, 6) is 0. The summed E-state index contributed by atoms with van der Waals surface area (Å²) in [5.41, 5.74) is 0.964. The van der Waals surface area contributed by atoms with E-state index in [0.717, 1.165) is 25.0 Å². The number of aromatic nitrogens is 2. The van der Waals surface area contributed by atoms with Gasteiger partial charge >= 0.3 is 0 Å². The Bertz CT molecular complexity index is 330. The fourth-order valence-corrected chi connectivity index (χ4v) is 2.41. The summed E-state index contributed by atoms with van der Waals surface area (Å²) in [4.78, 5) is 0. The predicted molar refractivity (Wildman–Crippen MR) is 58.7 cm³/mol. The van der Waals surface area contributed by atoms with Gasteiger partial charge in [0.25, 0.3) is 0 Å². The minimum Gasteiger partial charge on any atom is -0.394 e. The summed E-state index contributed by atoms with van der Waals surface area (Å²) in [6.07, 6.45) is 5.09. The topological polar surface area (TPSA) is 50.1 Å². The van der Waals surface area contributed by atoms with Gasteiger partial charge in [0.1, 0.15) is 0 Å². The molecule has 2 rings (SSSR count). The number of hydrogen-bond acceptors (Lipinski definition) is 3. The van der Waals surface area contributed by atoms with E-state index in [1.54, 1.807) is 0 Å². The highest BCUT2D eigenvalue weighted by Crippen LogP contribution is 2.36. The molecule has 1 aliphatic rings. The Kier molecular flexibility index (Phi) is 2.80. The second-order valence-electron chi connectivity index (χ2n) is 4.52. The van der Waals surface area contributed by atoms with Crippen LogP contribution in [0.2, 0.25) is 0 Å². The molecule has 0 aromatic carbocycles. The maximum Gasteiger partial charge on any atom is 0.0614 e. The molecule has 1 aromatic rings. The van der Waals surface area contributed by atoms with E-state index >= 15 is 0 Å². The first-order valence-electron chi connectivity index (χ1n) is 5.51. The van der Waals surface area contributed by atoms with Crippen molar-refractivity contribution in [1.29, 1.82) is 0 Å². The molecule has 84 valence electrons. The molecule has 4 heteroatoms. The SMILES string of the molecule is CNC1(CO)CCC(n2ccc(C)n2)C1. The van der Waals surface area contributed by atoms with Crippen molar-refractivity contribution in [3.63, 3.8) is 0 Å². The molecule has 1 heterocycles. The number of aryl methyl sites for hydroxylation is 1. The van der Waals surface area contributed by atoms with Crippen molar-refractivity contribution in [3.8, 4) is 0 Å². The number of nitrogens with zero attached hydrogens (tertiary/aromatic N) is 2. The van der Waals surface area contributed by atoms with Gasteiger partial charge in [-0.25, -0.2) is 0 Å². The van der Waals surface area contributed by atoms with Crippen LogP contribution in [-0.2, 0) is 0 Å². The highest BCUT2D eigenvalue weighted by atomic mass is 16.3. The van der Waals surface area contributed by atoms with Gasteiger partial charge < -0.3 is 10.4 Å². The standard InChI is InChI=1S/C11H19N3O/c1-9-4-6-14(13-9)10-3-5-11(7-10,8-15)12-2/h4,6,10,12,15H,3,5,7-8H2,1-2H3. The lowest BCUT2D eigenvalue weighted by molar-refractivity contribution is 0.168. The van der Waals surface area contributed by atoms with Crippen LogP contribution in [0.25, 0.3) is 0 Å².